The number of carbonyl (C=O) groups excluding carboxylic acids is 3. The zero-order valence-corrected chi connectivity index (χ0v) is 12.8. The molecule has 1 rings (SSSR count). The van der Waals surface area contributed by atoms with Crippen molar-refractivity contribution >= 4 is 17.8 Å². The molecule has 6 nitrogen and oxygen atoms in total. The van der Waals surface area contributed by atoms with Gasteiger partial charge in [-0.05, 0) is 18.9 Å². The van der Waals surface area contributed by atoms with Gasteiger partial charge in [0.05, 0.1) is 19.6 Å². The van der Waals surface area contributed by atoms with E-state index in [-0.39, 0.29) is 37.2 Å². The Morgan fingerprint density at radius 1 is 1.05 bits per heavy atom. The van der Waals surface area contributed by atoms with Crippen molar-refractivity contribution in [3.63, 3.8) is 0 Å². The summed E-state index contributed by atoms with van der Waals surface area (Å²) in [6, 6.07) is 9.31. The van der Waals surface area contributed by atoms with E-state index in [9.17, 15) is 14.4 Å². The van der Waals surface area contributed by atoms with Gasteiger partial charge in [0.25, 0.3) is 0 Å². The summed E-state index contributed by atoms with van der Waals surface area (Å²) in [6.07, 6.45) is 1.04. The molecule has 2 N–H and O–H groups in total. The summed E-state index contributed by atoms with van der Waals surface area (Å²) in [5.41, 5.74) is 0.898. The summed E-state index contributed by atoms with van der Waals surface area (Å²) in [5.74, 6) is -0.744. The monoisotopic (exact) mass is 306 g/mol. The van der Waals surface area contributed by atoms with Gasteiger partial charge >= 0.3 is 5.97 Å². The lowest BCUT2D eigenvalue weighted by Gasteiger charge is -2.07. The number of esters is 1. The molecule has 1 aromatic rings. The molecule has 0 spiro atoms. The van der Waals surface area contributed by atoms with Gasteiger partial charge < -0.3 is 15.4 Å². The SMILES string of the molecule is CCOC(=O)CCCNC(=O)CNC(=O)Cc1ccccc1. The standard InChI is InChI=1S/C16H22N2O4/c1-2-22-16(21)9-6-10-17-15(20)12-18-14(19)11-13-7-4-3-5-8-13/h3-5,7-8H,2,6,9-12H2,1H3,(H,17,20)(H,18,19). The van der Waals surface area contributed by atoms with Crippen molar-refractivity contribution in [3.05, 3.63) is 35.9 Å². The molecule has 0 heterocycles. The first-order valence-corrected chi connectivity index (χ1v) is 7.34. The number of nitrogens with one attached hydrogen (secondary N) is 2. The predicted molar refractivity (Wildman–Crippen MR) is 82.0 cm³/mol. The van der Waals surface area contributed by atoms with Crippen LogP contribution in [0.3, 0.4) is 0 Å². The van der Waals surface area contributed by atoms with Gasteiger partial charge in [-0.15, -0.1) is 0 Å². The van der Waals surface area contributed by atoms with Crippen molar-refractivity contribution in [2.24, 2.45) is 0 Å². The molecule has 0 aliphatic carbocycles. The van der Waals surface area contributed by atoms with Crippen LogP contribution in [0.15, 0.2) is 30.3 Å². The Hall–Kier alpha value is -2.37. The van der Waals surface area contributed by atoms with E-state index in [4.69, 9.17) is 4.74 Å². The highest BCUT2D eigenvalue weighted by Gasteiger charge is 2.06. The Morgan fingerprint density at radius 2 is 1.77 bits per heavy atom. The summed E-state index contributed by atoms with van der Waals surface area (Å²) in [5, 5.41) is 5.20. The molecule has 0 atom stereocenters. The number of carbonyl (C=O) groups is 3. The second kappa shape index (κ2) is 10.4. The molecule has 1 aromatic carbocycles. The Morgan fingerprint density at radius 3 is 2.45 bits per heavy atom. The third kappa shape index (κ3) is 8.04. The van der Waals surface area contributed by atoms with Crippen LogP contribution in [0.5, 0.6) is 0 Å². The molecule has 0 saturated heterocycles. The van der Waals surface area contributed by atoms with Crippen LogP contribution in [0.1, 0.15) is 25.3 Å². The van der Waals surface area contributed by atoms with Crippen molar-refractivity contribution in [1.82, 2.24) is 10.6 Å². The molecule has 0 fully saturated rings. The minimum Gasteiger partial charge on any atom is -0.466 e. The molecule has 2 amide bonds. The molecule has 0 radical (unpaired) electrons. The van der Waals surface area contributed by atoms with Crippen LogP contribution in [0.4, 0.5) is 0 Å². The normalized spacial score (nSPS) is 9.86. The van der Waals surface area contributed by atoms with E-state index in [1.807, 2.05) is 30.3 Å². The Labute approximate surface area is 130 Å². The van der Waals surface area contributed by atoms with Crippen molar-refractivity contribution in [2.45, 2.75) is 26.2 Å². The molecular weight excluding hydrogens is 284 g/mol. The van der Waals surface area contributed by atoms with E-state index < -0.39 is 0 Å². The van der Waals surface area contributed by atoms with Crippen LogP contribution in [0.25, 0.3) is 0 Å². The summed E-state index contributed by atoms with van der Waals surface area (Å²) in [4.78, 5) is 34.3. The third-order valence-corrected chi connectivity index (χ3v) is 2.84. The zero-order chi connectivity index (χ0) is 16.2. The molecule has 0 unspecified atom stereocenters. The number of amides is 2. The lowest BCUT2D eigenvalue weighted by Crippen LogP contribution is -2.38. The molecule has 0 bridgehead atoms. The maximum Gasteiger partial charge on any atom is 0.305 e. The average Bonchev–Trinajstić information content (AvgIpc) is 2.51. The highest BCUT2D eigenvalue weighted by Crippen LogP contribution is 1.98. The van der Waals surface area contributed by atoms with Crippen LogP contribution < -0.4 is 10.6 Å². The minimum absolute atomic E-state index is 0.0644. The van der Waals surface area contributed by atoms with Crippen LogP contribution in [0.2, 0.25) is 0 Å². The summed E-state index contributed by atoms with van der Waals surface area (Å²) in [7, 11) is 0. The summed E-state index contributed by atoms with van der Waals surface area (Å²) >= 11 is 0. The number of rotatable bonds is 9. The van der Waals surface area contributed by atoms with Gasteiger partial charge in [0, 0.05) is 13.0 Å². The quantitative estimate of drug-likeness (QED) is 0.522. The van der Waals surface area contributed by atoms with E-state index in [1.165, 1.54) is 0 Å². The maximum atomic E-state index is 11.7. The highest BCUT2D eigenvalue weighted by atomic mass is 16.5. The molecule has 0 aliphatic rings. The van der Waals surface area contributed by atoms with Gasteiger partial charge in [0.15, 0.2) is 0 Å². The largest absolute Gasteiger partial charge is 0.466 e. The van der Waals surface area contributed by atoms with Gasteiger partial charge in [0.1, 0.15) is 0 Å². The van der Waals surface area contributed by atoms with Crippen molar-refractivity contribution in [3.8, 4) is 0 Å². The number of hydrogen-bond donors (Lipinski definition) is 2. The first-order valence-electron chi connectivity index (χ1n) is 7.34. The first kappa shape index (κ1) is 17.7. The summed E-state index contributed by atoms with van der Waals surface area (Å²) in [6.45, 7) is 2.42. The molecule has 6 heteroatoms. The maximum absolute atomic E-state index is 11.7. The predicted octanol–water partition coefficient (Wildman–Crippen LogP) is 0.805. The molecule has 0 aromatic heterocycles. The van der Waals surface area contributed by atoms with Gasteiger partial charge in [-0.1, -0.05) is 30.3 Å². The van der Waals surface area contributed by atoms with Crippen LogP contribution in [-0.4, -0.2) is 37.5 Å². The van der Waals surface area contributed by atoms with Crippen molar-refractivity contribution in [1.29, 1.82) is 0 Å². The van der Waals surface area contributed by atoms with E-state index in [0.29, 0.717) is 19.6 Å². The molecule has 120 valence electrons. The van der Waals surface area contributed by atoms with Crippen molar-refractivity contribution < 1.29 is 19.1 Å². The fourth-order valence-electron chi connectivity index (χ4n) is 1.78. The Balaban J connectivity index is 2.10. The van der Waals surface area contributed by atoms with Gasteiger partial charge in [-0.2, -0.15) is 0 Å². The van der Waals surface area contributed by atoms with Crippen LogP contribution >= 0.6 is 0 Å². The fraction of sp³-hybridized carbons (Fsp3) is 0.438. The number of hydrogen-bond acceptors (Lipinski definition) is 4. The second-order valence-electron chi connectivity index (χ2n) is 4.70. The van der Waals surface area contributed by atoms with E-state index in [0.717, 1.165) is 5.56 Å². The van der Waals surface area contributed by atoms with E-state index >= 15 is 0 Å². The van der Waals surface area contributed by atoms with Crippen LogP contribution in [-0.2, 0) is 25.5 Å². The second-order valence-corrected chi connectivity index (χ2v) is 4.70. The van der Waals surface area contributed by atoms with Crippen LogP contribution in [0, 0.1) is 0 Å². The minimum atomic E-state index is -0.273. The zero-order valence-electron chi connectivity index (χ0n) is 12.8. The first-order chi connectivity index (χ1) is 10.6. The topological polar surface area (TPSA) is 84.5 Å². The van der Waals surface area contributed by atoms with E-state index in [2.05, 4.69) is 10.6 Å². The third-order valence-electron chi connectivity index (χ3n) is 2.84. The van der Waals surface area contributed by atoms with Gasteiger partial charge in [0.2, 0.25) is 11.8 Å². The number of benzene rings is 1. The van der Waals surface area contributed by atoms with Gasteiger partial charge in [-0.3, -0.25) is 14.4 Å². The van der Waals surface area contributed by atoms with Gasteiger partial charge in [-0.25, -0.2) is 0 Å². The Kier molecular flexibility index (Phi) is 8.33. The molecule has 22 heavy (non-hydrogen) atoms. The lowest BCUT2D eigenvalue weighted by molar-refractivity contribution is -0.143. The molecule has 0 aliphatic heterocycles. The van der Waals surface area contributed by atoms with Crippen molar-refractivity contribution in [2.75, 3.05) is 19.7 Å². The Bertz CT molecular complexity index is 488. The average molecular weight is 306 g/mol. The number of ether oxygens (including phenoxy) is 1. The smallest absolute Gasteiger partial charge is 0.305 e. The van der Waals surface area contributed by atoms with E-state index in [1.54, 1.807) is 6.92 Å². The fourth-order valence-corrected chi connectivity index (χ4v) is 1.78. The highest BCUT2D eigenvalue weighted by molar-refractivity contribution is 5.85. The molecular formula is C16H22N2O4. The molecule has 0 saturated carbocycles. The lowest BCUT2D eigenvalue weighted by atomic mass is 10.1. The summed E-state index contributed by atoms with van der Waals surface area (Å²) < 4.78 is 4.78.